The van der Waals surface area contributed by atoms with Crippen LogP contribution in [0.5, 0.6) is 0 Å². The molecule has 0 spiro atoms. The normalized spacial score (nSPS) is 15.4. The minimum absolute atomic E-state index is 0.204. The topological polar surface area (TPSA) is 58.6 Å². The van der Waals surface area contributed by atoms with Crippen LogP contribution in [-0.4, -0.2) is 24.0 Å². The highest BCUT2D eigenvalue weighted by atomic mass is 35.5. The predicted octanol–water partition coefficient (Wildman–Crippen LogP) is 5.52. The molecule has 148 valence electrons. The minimum Gasteiger partial charge on any atom is -0.461 e. The Labute approximate surface area is 169 Å². The summed E-state index contributed by atoms with van der Waals surface area (Å²) in [5.74, 6) is 2.05. The van der Waals surface area contributed by atoms with Crippen LogP contribution in [0.25, 0.3) is 11.0 Å². The largest absolute Gasteiger partial charge is 0.461 e. The summed E-state index contributed by atoms with van der Waals surface area (Å²) in [7, 11) is 0. The molecule has 4 rings (SSSR count). The summed E-state index contributed by atoms with van der Waals surface area (Å²) in [5, 5.41) is 3.61. The Balaban J connectivity index is 1.52. The van der Waals surface area contributed by atoms with Gasteiger partial charge < -0.3 is 8.83 Å². The SMILES string of the molecule is CC(C)c1cc2cc(Cl)cc(Cc3ccc(C(=O)NN4CCCCC4)o3)c2o1. The fourth-order valence-corrected chi connectivity index (χ4v) is 3.86. The van der Waals surface area contributed by atoms with Crippen LogP contribution in [0.4, 0.5) is 0 Å². The van der Waals surface area contributed by atoms with Gasteiger partial charge in [0.1, 0.15) is 17.1 Å². The Hall–Kier alpha value is -2.24. The number of carbonyl (C=O) groups excluding carboxylic acids is 1. The van der Waals surface area contributed by atoms with Crippen LogP contribution in [0.3, 0.4) is 0 Å². The number of carbonyl (C=O) groups is 1. The average molecular weight is 401 g/mol. The number of hydrogen-bond acceptors (Lipinski definition) is 4. The first-order valence-electron chi connectivity index (χ1n) is 9.86. The fourth-order valence-electron chi connectivity index (χ4n) is 3.61. The monoisotopic (exact) mass is 400 g/mol. The molecule has 0 aliphatic carbocycles. The van der Waals surface area contributed by atoms with Gasteiger partial charge in [-0.25, -0.2) is 5.01 Å². The van der Waals surface area contributed by atoms with Crippen LogP contribution in [0, 0.1) is 0 Å². The summed E-state index contributed by atoms with van der Waals surface area (Å²) in [6.07, 6.45) is 3.95. The third-order valence-corrected chi connectivity index (χ3v) is 5.33. The van der Waals surface area contributed by atoms with Crippen LogP contribution in [-0.2, 0) is 6.42 Å². The van der Waals surface area contributed by atoms with Crippen molar-refractivity contribution in [2.45, 2.75) is 45.4 Å². The van der Waals surface area contributed by atoms with Crippen LogP contribution >= 0.6 is 11.6 Å². The molecule has 2 aromatic heterocycles. The molecule has 6 heteroatoms. The van der Waals surface area contributed by atoms with Crippen LogP contribution in [0.15, 0.2) is 39.2 Å². The van der Waals surface area contributed by atoms with E-state index >= 15 is 0 Å². The quantitative estimate of drug-likeness (QED) is 0.612. The zero-order chi connectivity index (χ0) is 19.7. The number of benzene rings is 1. The highest BCUT2D eigenvalue weighted by Crippen LogP contribution is 2.31. The third-order valence-electron chi connectivity index (χ3n) is 5.11. The van der Waals surface area contributed by atoms with Crippen molar-refractivity contribution in [3.63, 3.8) is 0 Å². The second-order valence-corrected chi connectivity index (χ2v) is 8.15. The number of furan rings is 2. The summed E-state index contributed by atoms with van der Waals surface area (Å²) < 4.78 is 11.9. The summed E-state index contributed by atoms with van der Waals surface area (Å²) >= 11 is 6.30. The Morgan fingerprint density at radius 1 is 1.14 bits per heavy atom. The fraction of sp³-hybridized carbons (Fsp3) is 0.409. The Morgan fingerprint density at radius 3 is 2.68 bits per heavy atom. The number of nitrogens with zero attached hydrogens (tertiary/aromatic N) is 1. The minimum atomic E-state index is -0.204. The first-order chi connectivity index (χ1) is 13.5. The van der Waals surface area contributed by atoms with Crippen molar-refractivity contribution in [2.75, 3.05) is 13.1 Å². The van der Waals surface area contributed by atoms with E-state index in [-0.39, 0.29) is 5.91 Å². The van der Waals surface area contributed by atoms with Gasteiger partial charge in [-0.05, 0) is 43.2 Å². The summed E-state index contributed by atoms with van der Waals surface area (Å²) in [6, 6.07) is 9.40. The number of amides is 1. The van der Waals surface area contributed by atoms with Gasteiger partial charge in [0.05, 0.1) is 0 Å². The lowest BCUT2D eigenvalue weighted by Crippen LogP contribution is -2.44. The maximum absolute atomic E-state index is 12.4. The first kappa shape index (κ1) is 19.1. The molecule has 1 fully saturated rings. The molecule has 3 heterocycles. The molecule has 1 aromatic carbocycles. The maximum Gasteiger partial charge on any atom is 0.301 e. The molecule has 0 saturated carbocycles. The van der Waals surface area contributed by atoms with Crippen molar-refractivity contribution in [3.8, 4) is 0 Å². The Bertz CT molecular complexity index is 983. The smallest absolute Gasteiger partial charge is 0.301 e. The second-order valence-electron chi connectivity index (χ2n) is 7.72. The molecular weight excluding hydrogens is 376 g/mol. The van der Waals surface area contributed by atoms with Crippen molar-refractivity contribution in [2.24, 2.45) is 0 Å². The summed E-state index contributed by atoms with van der Waals surface area (Å²) in [5.41, 5.74) is 4.70. The highest BCUT2D eigenvalue weighted by molar-refractivity contribution is 6.31. The lowest BCUT2D eigenvalue weighted by molar-refractivity contribution is 0.0719. The van der Waals surface area contributed by atoms with Crippen LogP contribution < -0.4 is 5.43 Å². The van der Waals surface area contributed by atoms with E-state index in [4.69, 9.17) is 20.4 Å². The molecule has 0 unspecified atom stereocenters. The highest BCUT2D eigenvalue weighted by Gasteiger charge is 2.18. The van der Waals surface area contributed by atoms with Gasteiger partial charge in [-0.15, -0.1) is 0 Å². The summed E-state index contributed by atoms with van der Waals surface area (Å²) in [6.45, 7) is 5.96. The van der Waals surface area contributed by atoms with Crippen LogP contribution in [0.1, 0.15) is 66.7 Å². The molecule has 28 heavy (non-hydrogen) atoms. The Morgan fingerprint density at radius 2 is 1.93 bits per heavy atom. The molecule has 3 aromatic rings. The van der Waals surface area contributed by atoms with E-state index < -0.39 is 0 Å². The van der Waals surface area contributed by atoms with E-state index in [0.717, 1.165) is 48.2 Å². The predicted molar refractivity (Wildman–Crippen MR) is 110 cm³/mol. The molecule has 5 nitrogen and oxygen atoms in total. The molecule has 1 aliphatic rings. The van der Waals surface area contributed by atoms with Gasteiger partial charge in [-0.3, -0.25) is 10.2 Å². The van der Waals surface area contributed by atoms with Gasteiger partial charge in [0, 0.05) is 41.4 Å². The third kappa shape index (κ3) is 4.10. The molecule has 1 N–H and O–H groups in total. The number of piperidine rings is 1. The van der Waals surface area contributed by atoms with Gasteiger partial charge in [-0.1, -0.05) is 31.9 Å². The number of rotatable bonds is 5. The van der Waals surface area contributed by atoms with Gasteiger partial charge in [-0.2, -0.15) is 0 Å². The van der Waals surface area contributed by atoms with E-state index in [0.29, 0.717) is 28.9 Å². The number of hydrogen-bond donors (Lipinski definition) is 1. The number of hydrazine groups is 1. The van der Waals surface area contributed by atoms with E-state index in [9.17, 15) is 4.79 Å². The van der Waals surface area contributed by atoms with E-state index in [2.05, 4.69) is 19.3 Å². The van der Waals surface area contributed by atoms with Gasteiger partial charge >= 0.3 is 5.91 Å². The van der Waals surface area contributed by atoms with Crippen molar-refractivity contribution in [3.05, 3.63) is 58.2 Å². The van der Waals surface area contributed by atoms with Crippen molar-refractivity contribution < 1.29 is 13.6 Å². The molecule has 0 radical (unpaired) electrons. The maximum atomic E-state index is 12.4. The van der Waals surface area contributed by atoms with Gasteiger partial charge in [0.2, 0.25) is 0 Å². The second kappa shape index (κ2) is 8.02. The summed E-state index contributed by atoms with van der Waals surface area (Å²) in [4.78, 5) is 12.4. The lowest BCUT2D eigenvalue weighted by atomic mass is 10.1. The molecular formula is C22H25ClN2O3. The van der Waals surface area contributed by atoms with Gasteiger partial charge in [0.25, 0.3) is 0 Å². The lowest BCUT2D eigenvalue weighted by Gasteiger charge is -2.26. The molecule has 1 saturated heterocycles. The van der Waals surface area contributed by atoms with Crippen molar-refractivity contribution >= 4 is 28.5 Å². The molecule has 0 bridgehead atoms. The van der Waals surface area contributed by atoms with Crippen molar-refractivity contribution in [1.29, 1.82) is 0 Å². The zero-order valence-electron chi connectivity index (χ0n) is 16.3. The Kier molecular flexibility index (Phi) is 5.47. The number of halogens is 1. The van der Waals surface area contributed by atoms with E-state index in [1.165, 1.54) is 6.42 Å². The van der Waals surface area contributed by atoms with Crippen molar-refractivity contribution in [1.82, 2.24) is 10.4 Å². The molecule has 1 aliphatic heterocycles. The zero-order valence-corrected chi connectivity index (χ0v) is 17.0. The van der Waals surface area contributed by atoms with E-state index in [1.807, 2.05) is 29.3 Å². The molecule has 1 amide bonds. The standard InChI is InChI=1S/C22H25ClN2O3/c1-14(2)20-13-16-11-17(23)10-15(21(16)28-20)12-18-6-7-19(27-18)22(26)24-25-8-4-3-5-9-25/h6-7,10-11,13-14H,3-5,8-9,12H2,1-2H3,(H,24,26). The van der Waals surface area contributed by atoms with Gasteiger partial charge in [0.15, 0.2) is 5.76 Å². The molecule has 0 atom stereocenters. The first-order valence-corrected chi connectivity index (χ1v) is 10.2. The van der Waals surface area contributed by atoms with Crippen LogP contribution in [0.2, 0.25) is 5.02 Å². The average Bonchev–Trinajstić information content (AvgIpc) is 3.29. The van der Waals surface area contributed by atoms with E-state index in [1.54, 1.807) is 6.07 Å². The number of nitrogens with one attached hydrogen (secondary N) is 1. The number of fused-ring (bicyclic) bond motifs is 1.